The molecule has 2 amide bonds. The summed E-state index contributed by atoms with van der Waals surface area (Å²) < 4.78 is 0. The minimum absolute atomic E-state index is 0.0556. The summed E-state index contributed by atoms with van der Waals surface area (Å²) in [5, 5.41) is 3.11. The fraction of sp³-hybridized carbons (Fsp3) is 0.562. The maximum absolute atomic E-state index is 12.1. The van der Waals surface area contributed by atoms with Crippen molar-refractivity contribution in [1.82, 2.24) is 15.1 Å². The highest BCUT2D eigenvalue weighted by Gasteiger charge is 2.22. The highest BCUT2D eigenvalue weighted by Crippen LogP contribution is 2.17. The van der Waals surface area contributed by atoms with Crippen LogP contribution in [0.25, 0.3) is 0 Å². The molecule has 0 bridgehead atoms. The Bertz CT molecular complexity index is 440. The Kier molecular flexibility index (Phi) is 6.39. The van der Waals surface area contributed by atoms with Crippen molar-refractivity contribution >= 4 is 17.8 Å². The van der Waals surface area contributed by atoms with Crippen LogP contribution in [-0.4, -0.2) is 61.4 Å². The van der Waals surface area contributed by atoms with Crippen molar-refractivity contribution in [2.75, 3.05) is 39.5 Å². The monoisotopic (exact) mass is 307 g/mol. The van der Waals surface area contributed by atoms with Gasteiger partial charge in [-0.1, -0.05) is 18.2 Å². The van der Waals surface area contributed by atoms with Crippen LogP contribution in [0.5, 0.6) is 0 Å². The van der Waals surface area contributed by atoms with Crippen LogP contribution in [0, 0.1) is 0 Å². The summed E-state index contributed by atoms with van der Waals surface area (Å²) >= 11 is 1.84. The van der Waals surface area contributed by atoms with Crippen molar-refractivity contribution < 1.29 is 4.79 Å². The maximum Gasteiger partial charge on any atom is 0.317 e. The van der Waals surface area contributed by atoms with Crippen molar-refractivity contribution in [3.8, 4) is 0 Å². The van der Waals surface area contributed by atoms with Gasteiger partial charge in [-0.2, -0.15) is 0 Å². The molecule has 5 heteroatoms. The predicted molar refractivity (Wildman–Crippen MR) is 88.8 cm³/mol. The van der Waals surface area contributed by atoms with Crippen molar-refractivity contribution in [3.05, 3.63) is 30.3 Å². The van der Waals surface area contributed by atoms with Gasteiger partial charge in [0.05, 0.1) is 0 Å². The summed E-state index contributed by atoms with van der Waals surface area (Å²) in [6.45, 7) is 2.83. The molecule has 116 valence electrons. The Balaban J connectivity index is 1.60. The molecular formula is C16H25N3OS. The molecule has 1 aromatic rings. The lowest BCUT2D eigenvalue weighted by molar-refractivity contribution is 0.205. The smallest absolute Gasteiger partial charge is 0.317 e. The van der Waals surface area contributed by atoms with Gasteiger partial charge >= 0.3 is 6.03 Å². The Hall–Kier alpha value is -1.20. The number of hydrogen-bond donors (Lipinski definition) is 1. The fourth-order valence-corrected chi connectivity index (χ4v) is 3.31. The van der Waals surface area contributed by atoms with E-state index >= 15 is 0 Å². The van der Waals surface area contributed by atoms with Crippen molar-refractivity contribution in [3.63, 3.8) is 0 Å². The molecule has 1 aliphatic heterocycles. The number of likely N-dealkylation sites (N-methyl/N-ethyl adjacent to an activating group) is 1. The van der Waals surface area contributed by atoms with Gasteiger partial charge in [0, 0.05) is 31.1 Å². The molecule has 1 atom stereocenters. The number of amides is 2. The van der Waals surface area contributed by atoms with Crippen molar-refractivity contribution in [2.45, 2.75) is 23.8 Å². The van der Waals surface area contributed by atoms with E-state index in [1.165, 1.54) is 4.90 Å². The van der Waals surface area contributed by atoms with Gasteiger partial charge in [0.15, 0.2) is 0 Å². The summed E-state index contributed by atoms with van der Waals surface area (Å²) in [4.78, 5) is 17.4. The topological polar surface area (TPSA) is 35.6 Å². The third kappa shape index (κ3) is 5.59. The molecular weight excluding hydrogens is 282 g/mol. The van der Waals surface area contributed by atoms with Crippen LogP contribution >= 0.6 is 11.8 Å². The molecule has 0 unspecified atom stereocenters. The zero-order valence-corrected chi connectivity index (χ0v) is 13.7. The summed E-state index contributed by atoms with van der Waals surface area (Å²) in [6.07, 6.45) is 2.06. The average Bonchev–Trinajstić information content (AvgIpc) is 2.89. The van der Waals surface area contributed by atoms with E-state index in [4.69, 9.17) is 0 Å². The summed E-state index contributed by atoms with van der Waals surface area (Å²) in [5.74, 6) is 1.04. The third-order valence-corrected chi connectivity index (χ3v) is 4.81. The van der Waals surface area contributed by atoms with E-state index in [0.29, 0.717) is 6.04 Å². The lowest BCUT2D eigenvalue weighted by atomic mass is 10.3. The minimum atomic E-state index is 0.0556. The molecule has 1 saturated heterocycles. The quantitative estimate of drug-likeness (QED) is 0.648. The number of benzene rings is 1. The zero-order chi connectivity index (χ0) is 15.1. The van der Waals surface area contributed by atoms with E-state index in [2.05, 4.69) is 41.5 Å². The second kappa shape index (κ2) is 8.29. The second-order valence-electron chi connectivity index (χ2n) is 5.63. The molecule has 0 aliphatic carbocycles. The lowest BCUT2D eigenvalue weighted by Crippen LogP contribution is -2.44. The summed E-state index contributed by atoms with van der Waals surface area (Å²) in [5.41, 5.74) is 0. The van der Waals surface area contributed by atoms with Gasteiger partial charge in [-0.05, 0) is 44.3 Å². The molecule has 0 saturated carbocycles. The molecule has 1 N–H and O–H groups in total. The van der Waals surface area contributed by atoms with Crippen LogP contribution in [0.15, 0.2) is 35.2 Å². The molecule has 1 heterocycles. The van der Waals surface area contributed by atoms with Crippen LogP contribution in [-0.2, 0) is 0 Å². The molecule has 1 aromatic carbocycles. The van der Waals surface area contributed by atoms with Crippen molar-refractivity contribution in [2.24, 2.45) is 0 Å². The first-order valence-electron chi connectivity index (χ1n) is 7.53. The standard InChI is InChI=1S/C16H25N3OS/c1-18-11-9-14(13-18)17-16(20)19(2)10-6-12-21-15-7-4-3-5-8-15/h3-5,7-8,14H,6,9-13H2,1-2H3,(H,17,20)/t14-/m0/s1. The number of thioether (sulfide) groups is 1. The van der Waals surface area contributed by atoms with E-state index in [0.717, 1.165) is 38.2 Å². The van der Waals surface area contributed by atoms with Gasteiger partial charge in [0.2, 0.25) is 0 Å². The largest absolute Gasteiger partial charge is 0.334 e. The second-order valence-corrected chi connectivity index (χ2v) is 6.80. The number of urea groups is 1. The SMILES string of the molecule is CN1CC[C@H](NC(=O)N(C)CCCSc2ccccc2)C1. The number of carbonyl (C=O) groups is 1. The molecule has 1 fully saturated rings. The highest BCUT2D eigenvalue weighted by molar-refractivity contribution is 7.99. The number of rotatable bonds is 6. The highest BCUT2D eigenvalue weighted by atomic mass is 32.2. The summed E-state index contributed by atoms with van der Waals surface area (Å²) in [7, 11) is 3.97. The number of carbonyl (C=O) groups excluding carboxylic acids is 1. The number of hydrogen-bond acceptors (Lipinski definition) is 3. The van der Waals surface area contributed by atoms with E-state index in [1.807, 2.05) is 24.9 Å². The van der Waals surface area contributed by atoms with Gasteiger partial charge in [-0.25, -0.2) is 4.79 Å². The lowest BCUT2D eigenvalue weighted by Gasteiger charge is -2.21. The van der Waals surface area contributed by atoms with Gasteiger partial charge < -0.3 is 15.1 Å². The first-order chi connectivity index (χ1) is 10.1. The predicted octanol–water partition coefficient (Wildman–Crippen LogP) is 2.51. The molecule has 0 radical (unpaired) electrons. The maximum atomic E-state index is 12.1. The third-order valence-electron chi connectivity index (χ3n) is 3.72. The van der Waals surface area contributed by atoms with E-state index in [-0.39, 0.29) is 6.03 Å². The Morgan fingerprint density at radius 1 is 1.43 bits per heavy atom. The first-order valence-corrected chi connectivity index (χ1v) is 8.52. The minimum Gasteiger partial charge on any atom is -0.334 e. The number of likely N-dealkylation sites (tertiary alicyclic amines) is 1. The number of nitrogens with one attached hydrogen (secondary N) is 1. The van der Waals surface area contributed by atoms with Gasteiger partial charge in [-0.15, -0.1) is 11.8 Å². The normalized spacial score (nSPS) is 18.7. The van der Waals surface area contributed by atoms with Crippen LogP contribution in [0.3, 0.4) is 0 Å². The summed E-state index contributed by atoms with van der Waals surface area (Å²) in [6, 6.07) is 10.8. The Morgan fingerprint density at radius 2 is 2.19 bits per heavy atom. The van der Waals surface area contributed by atoms with E-state index in [9.17, 15) is 4.79 Å². The zero-order valence-electron chi connectivity index (χ0n) is 12.9. The van der Waals surface area contributed by atoms with Gasteiger partial charge in [-0.3, -0.25) is 0 Å². The molecule has 2 rings (SSSR count). The van der Waals surface area contributed by atoms with Crippen molar-refractivity contribution in [1.29, 1.82) is 0 Å². The van der Waals surface area contributed by atoms with Gasteiger partial charge in [0.1, 0.15) is 0 Å². The molecule has 0 aromatic heterocycles. The fourth-order valence-electron chi connectivity index (χ4n) is 2.45. The molecule has 1 aliphatic rings. The molecule has 4 nitrogen and oxygen atoms in total. The van der Waals surface area contributed by atoms with Gasteiger partial charge in [0.25, 0.3) is 0 Å². The number of nitrogens with zero attached hydrogens (tertiary/aromatic N) is 2. The first kappa shape index (κ1) is 16.2. The van der Waals surface area contributed by atoms with Crippen LogP contribution in [0.1, 0.15) is 12.8 Å². The Labute approximate surface area is 131 Å². The van der Waals surface area contributed by atoms with E-state index < -0.39 is 0 Å². The Morgan fingerprint density at radius 3 is 2.86 bits per heavy atom. The molecule has 21 heavy (non-hydrogen) atoms. The van der Waals surface area contributed by atoms with Crippen LogP contribution < -0.4 is 5.32 Å². The van der Waals surface area contributed by atoms with Crippen LogP contribution in [0.2, 0.25) is 0 Å². The van der Waals surface area contributed by atoms with E-state index in [1.54, 1.807) is 4.90 Å². The van der Waals surface area contributed by atoms with Crippen LogP contribution in [0.4, 0.5) is 4.79 Å². The molecule has 0 spiro atoms. The average molecular weight is 307 g/mol.